The fourth-order valence-corrected chi connectivity index (χ4v) is 1.23. The van der Waals surface area contributed by atoms with Crippen molar-refractivity contribution in [3.63, 3.8) is 0 Å². The van der Waals surface area contributed by atoms with E-state index in [4.69, 9.17) is 5.11 Å². The van der Waals surface area contributed by atoms with Crippen molar-refractivity contribution in [2.75, 3.05) is 0 Å². The van der Waals surface area contributed by atoms with Crippen LogP contribution in [0.3, 0.4) is 0 Å². The molecule has 80 valence electrons. The molecule has 2 nitrogen and oxygen atoms in total. The van der Waals surface area contributed by atoms with Gasteiger partial charge in [0.25, 0.3) is 0 Å². The summed E-state index contributed by atoms with van der Waals surface area (Å²) in [5, 5.41) is 8.35. The van der Waals surface area contributed by atoms with Crippen molar-refractivity contribution in [1.29, 1.82) is 0 Å². The van der Waals surface area contributed by atoms with Crippen LogP contribution < -0.4 is 0 Å². The van der Waals surface area contributed by atoms with Crippen molar-refractivity contribution >= 4 is 33.3 Å². The molecule has 0 aromatic rings. The van der Waals surface area contributed by atoms with E-state index in [2.05, 4.69) is 6.92 Å². The number of carbonyl (C=O) groups is 1. The van der Waals surface area contributed by atoms with E-state index in [1.807, 2.05) is 0 Å². The van der Waals surface area contributed by atoms with Crippen molar-refractivity contribution < 1.29 is 9.90 Å². The van der Waals surface area contributed by atoms with E-state index in [1.54, 1.807) is 0 Å². The summed E-state index contributed by atoms with van der Waals surface area (Å²) in [5.74, 6) is -0.663. The number of carboxylic acid groups (broad SMARTS) is 1. The molecule has 0 aliphatic carbocycles. The molecule has 0 aliphatic heterocycles. The fraction of sp³-hybridized carbons (Fsp3) is 0.900. The summed E-state index contributed by atoms with van der Waals surface area (Å²) < 4.78 is 0. The molecule has 0 saturated carbocycles. The molecule has 0 aromatic carbocycles. The van der Waals surface area contributed by atoms with Crippen LogP contribution in [-0.2, 0) is 4.79 Å². The van der Waals surface area contributed by atoms with Gasteiger partial charge in [-0.2, -0.15) is 0 Å². The number of carboxylic acids is 1. The molecule has 0 radical (unpaired) electrons. The molecule has 0 atom stereocenters. The Morgan fingerprint density at radius 2 is 1.46 bits per heavy atom. The van der Waals surface area contributed by atoms with Gasteiger partial charge < -0.3 is 5.11 Å². The van der Waals surface area contributed by atoms with Crippen LogP contribution in [-0.4, -0.2) is 38.4 Å². The summed E-state index contributed by atoms with van der Waals surface area (Å²) in [5.41, 5.74) is 0. The molecule has 0 rings (SSSR count). The molecule has 3 heteroatoms. The first-order valence-electron chi connectivity index (χ1n) is 4.99. The average molecular weight is 383 g/mol. The van der Waals surface area contributed by atoms with Gasteiger partial charge in [0.15, 0.2) is 0 Å². The first-order chi connectivity index (χ1) is 5.77. The van der Waals surface area contributed by atoms with Crippen LogP contribution in [0.1, 0.15) is 58.3 Å². The third-order valence-electron chi connectivity index (χ3n) is 1.99. The third-order valence-corrected chi connectivity index (χ3v) is 1.99. The quantitative estimate of drug-likeness (QED) is 0.512. The summed E-state index contributed by atoms with van der Waals surface area (Å²) in [6.45, 7) is 2.20. The van der Waals surface area contributed by atoms with Crippen LogP contribution in [0.4, 0.5) is 0 Å². The summed E-state index contributed by atoms with van der Waals surface area (Å²) in [4.78, 5) is 10.1. The molecular formula is C10H24O2Pb. The first-order valence-corrected chi connectivity index (χ1v) is 4.99. The maximum atomic E-state index is 10.1. The third kappa shape index (κ3) is 15.2. The second kappa shape index (κ2) is 12.4. The molecule has 0 saturated heterocycles. The average Bonchev–Trinajstić information content (AvgIpc) is 2.02. The van der Waals surface area contributed by atoms with E-state index in [9.17, 15) is 4.79 Å². The van der Waals surface area contributed by atoms with Crippen LogP contribution >= 0.6 is 0 Å². The Balaban J connectivity index is 0. The minimum atomic E-state index is -0.663. The van der Waals surface area contributed by atoms with Gasteiger partial charge in [-0.15, -0.1) is 0 Å². The van der Waals surface area contributed by atoms with Crippen LogP contribution in [0, 0.1) is 0 Å². The van der Waals surface area contributed by atoms with Gasteiger partial charge in [-0.05, 0) is 6.42 Å². The van der Waals surface area contributed by atoms with Crippen molar-refractivity contribution in [3.8, 4) is 0 Å². The second-order valence-corrected chi connectivity index (χ2v) is 3.27. The molecule has 0 aromatic heterocycles. The number of unbranched alkanes of at least 4 members (excludes halogenated alkanes) is 6. The molecule has 13 heavy (non-hydrogen) atoms. The van der Waals surface area contributed by atoms with Crippen LogP contribution in [0.2, 0.25) is 0 Å². The molecule has 0 spiro atoms. The van der Waals surface area contributed by atoms with Gasteiger partial charge in [-0.1, -0.05) is 45.4 Å². The maximum absolute atomic E-state index is 10.1. The fourth-order valence-electron chi connectivity index (χ4n) is 1.23. The summed E-state index contributed by atoms with van der Waals surface area (Å²) in [6, 6.07) is 0. The Labute approximate surface area is 101 Å². The molecule has 0 heterocycles. The Morgan fingerprint density at radius 1 is 1.00 bits per heavy atom. The van der Waals surface area contributed by atoms with Gasteiger partial charge in [0.1, 0.15) is 0 Å². The summed E-state index contributed by atoms with van der Waals surface area (Å²) >= 11 is 0. The van der Waals surface area contributed by atoms with Crippen molar-refractivity contribution in [3.05, 3.63) is 0 Å². The normalized spacial score (nSPS) is 9.31. The van der Waals surface area contributed by atoms with E-state index < -0.39 is 5.97 Å². The number of aliphatic carboxylic acids is 1. The Hall–Kier alpha value is 0.392. The zero-order valence-electron chi connectivity index (χ0n) is 8.01. The van der Waals surface area contributed by atoms with Gasteiger partial charge in [-0.3, -0.25) is 4.79 Å². The molecule has 0 unspecified atom stereocenters. The molecule has 0 amide bonds. The summed E-state index contributed by atoms with van der Waals surface area (Å²) in [7, 11) is 0. The van der Waals surface area contributed by atoms with Crippen molar-refractivity contribution in [2.45, 2.75) is 58.3 Å². The minimum absolute atomic E-state index is 0. The summed E-state index contributed by atoms with van der Waals surface area (Å²) in [6.07, 6.45) is 8.64. The molecule has 1 N–H and O–H groups in total. The predicted molar refractivity (Wildman–Crippen MR) is 61.6 cm³/mol. The second-order valence-electron chi connectivity index (χ2n) is 3.27. The van der Waals surface area contributed by atoms with Gasteiger partial charge in [0.2, 0.25) is 0 Å². The molecule has 0 fully saturated rings. The van der Waals surface area contributed by atoms with Crippen LogP contribution in [0.25, 0.3) is 0 Å². The topological polar surface area (TPSA) is 37.3 Å². The standard InChI is InChI=1S/C10H20O2.Pb.4H/c1-2-3-4-5-6-7-8-9-10(11)12;;;;;/h2-9H2,1H3,(H,11,12);;;;;. The number of hydrogen-bond donors (Lipinski definition) is 1. The van der Waals surface area contributed by atoms with Gasteiger partial charge in [0, 0.05) is 6.42 Å². The Kier molecular flexibility index (Phi) is 15.1. The monoisotopic (exact) mass is 384 g/mol. The molecule has 0 bridgehead atoms. The molecular weight excluding hydrogens is 359 g/mol. The van der Waals surface area contributed by atoms with Crippen molar-refractivity contribution in [2.24, 2.45) is 0 Å². The zero-order valence-corrected chi connectivity index (χ0v) is 8.01. The number of hydrogen-bond acceptors (Lipinski definition) is 1. The van der Waals surface area contributed by atoms with Gasteiger partial charge in [-0.25, -0.2) is 0 Å². The van der Waals surface area contributed by atoms with Crippen LogP contribution in [0.5, 0.6) is 0 Å². The Morgan fingerprint density at radius 3 is 1.92 bits per heavy atom. The Bertz CT molecular complexity index is 115. The van der Waals surface area contributed by atoms with Crippen molar-refractivity contribution in [1.82, 2.24) is 0 Å². The first kappa shape index (κ1) is 15.8. The van der Waals surface area contributed by atoms with E-state index in [1.165, 1.54) is 32.1 Å². The zero-order chi connectivity index (χ0) is 9.23. The van der Waals surface area contributed by atoms with E-state index in [0.717, 1.165) is 12.8 Å². The SMILES string of the molecule is CCCCCCCCCC(=O)O.[PbH4]. The van der Waals surface area contributed by atoms with Gasteiger partial charge in [0.05, 0.1) is 0 Å². The van der Waals surface area contributed by atoms with E-state index >= 15 is 0 Å². The van der Waals surface area contributed by atoms with E-state index in [0.29, 0.717) is 6.42 Å². The predicted octanol–water partition coefficient (Wildman–Crippen LogP) is 1.76. The number of rotatable bonds is 8. The van der Waals surface area contributed by atoms with Crippen LogP contribution in [0.15, 0.2) is 0 Å². The van der Waals surface area contributed by atoms with Gasteiger partial charge >= 0.3 is 33.3 Å². The molecule has 0 aliphatic rings. The van der Waals surface area contributed by atoms with E-state index in [-0.39, 0.29) is 27.3 Å².